The average molecular weight is 289 g/mol. The molecule has 1 aromatic rings. The monoisotopic (exact) mass is 289 g/mol. The maximum atomic E-state index is 13.9. The van der Waals surface area contributed by atoms with Crippen LogP contribution in [0.25, 0.3) is 0 Å². The summed E-state index contributed by atoms with van der Waals surface area (Å²) in [6, 6.07) is 4.33. The van der Waals surface area contributed by atoms with E-state index >= 15 is 0 Å². The van der Waals surface area contributed by atoms with Crippen molar-refractivity contribution in [2.75, 3.05) is 19.7 Å². The molecule has 2 rings (SSSR count). The van der Waals surface area contributed by atoms with Crippen LogP contribution in [-0.4, -0.2) is 35.6 Å². The van der Waals surface area contributed by atoms with Gasteiger partial charge in [0.05, 0.1) is 12.2 Å². The lowest BCUT2D eigenvalue weighted by molar-refractivity contribution is 0.0692. The normalized spacial score (nSPS) is 15.5. The van der Waals surface area contributed by atoms with Gasteiger partial charge in [-0.2, -0.15) is 0 Å². The second-order valence-electron chi connectivity index (χ2n) is 5.44. The fourth-order valence-electron chi connectivity index (χ4n) is 2.37. The van der Waals surface area contributed by atoms with Crippen molar-refractivity contribution >= 4 is 5.91 Å². The van der Waals surface area contributed by atoms with Gasteiger partial charge >= 0.3 is 0 Å². The van der Waals surface area contributed by atoms with Crippen molar-refractivity contribution < 1.29 is 14.3 Å². The van der Waals surface area contributed by atoms with Crippen LogP contribution < -0.4 is 0 Å². The van der Waals surface area contributed by atoms with Gasteiger partial charge in [0.2, 0.25) is 0 Å². The predicted molar refractivity (Wildman–Crippen MR) is 79.3 cm³/mol. The first-order chi connectivity index (χ1) is 10.1. The van der Waals surface area contributed by atoms with Crippen molar-refractivity contribution in [3.8, 4) is 11.8 Å². The molecule has 0 saturated carbocycles. The Morgan fingerprint density at radius 3 is 2.81 bits per heavy atom. The molecule has 3 nitrogen and oxygen atoms in total. The first-order valence-electron chi connectivity index (χ1n) is 7.30. The zero-order chi connectivity index (χ0) is 15.2. The van der Waals surface area contributed by atoms with E-state index < -0.39 is 5.82 Å². The average Bonchev–Trinajstić information content (AvgIpc) is 2.49. The molecule has 1 amide bonds. The van der Waals surface area contributed by atoms with Crippen LogP contribution >= 0.6 is 0 Å². The van der Waals surface area contributed by atoms with E-state index in [2.05, 4.69) is 18.8 Å². The minimum Gasteiger partial charge on any atom is -0.395 e. The standard InChI is InChI=1S/C17H20FNO2/c1-13-7-9-19(10-8-13)17(21)15-12-14(4-2-3-11-20)5-6-16(15)18/h5-6,12-13,20H,3,7-11H2,1H3. The van der Waals surface area contributed by atoms with Crippen LogP contribution in [0.3, 0.4) is 0 Å². The van der Waals surface area contributed by atoms with Crippen LogP contribution in [-0.2, 0) is 0 Å². The molecule has 0 radical (unpaired) electrons. The molecular formula is C17H20FNO2. The molecule has 0 aliphatic carbocycles. The number of hydrogen-bond acceptors (Lipinski definition) is 2. The molecule has 1 N–H and O–H groups in total. The largest absolute Gasteiger partial charge is 0.395 e. The number of nitrogens with zero attached hydrogens (tertiary/aromatic N) is 1. The van der Waals surface area contributed by atoms with Gasteiger partial charge in [0.1, 0.15) is 5.82 Å². The van der Waals surface area contributed by atoms with E-state index in [9.17, 15) is 9.18 Å². The summed E-state index contributed by atoms with van der Waals surface area (Å²) < 4.78 is 13.9. The van der Waals surface area contributed by atoms with E-state index in [0.29, 0.717) is 31.0 Å². The molecule has 1 aromatic carbocycles. The summed E-state index contributed by atoms with van der Waals surface area (Å²) in [5, 5.41) is 8.70. The van der Waals surface area contributed by atoms with Crippen molar-refractivity contribution in [1.29, 1.82) is 0 Å². The van der Waals surface area contributed by atoms with E-state index in [1.165, 1.54) is 12.1 Å². The molecule has 0 spiro atoms. The van der Waals surface area contributed by atoms with Crippen molar-refractivity contribution in [2.45, 2.75) is 26.2 Å². The Bertz CT molecular complexity index is 566. The lowest BCUT2D eigenvalue weighted by Gasteiger charge is -2.30. The Kier molecular flexibility index (Phi) is 5.35. The lowest BCUT2D eigenvalue weighted by atomic mass is 9.98. The van der Waals surface area contributed by atoms with Gasteiger partial charge in [-0.15, -0.1) is 0 Å². The quantitative estimate of drug-likeness (QED) is 0.850. The predicted octanol–water partition coefficient (Wildman–Crippen LogP) is 2.43. The summed E-state index contributed by atoms with van der Waals surface area (Å²) >= 11 is 0. The molecule has 21 heavy (non-hydrogen) atoms. The minimum atomic E-state index is -0.508. The third kappa shape index (κ3) is 4.05. The van der Waals surface area contributed by atoms with Crippen LogP contribution in [0.15, 0.2) is 18.2 Å². The van der Waals surface area contributed by atoms with Gasteiger partial charge in [-0.3, -0.25) is 4.79 Å². The highest BCUT2D eigenvalue weighted by atomic mass is 19.1. The molecule has 0 aromatic heterocycles. The summed E-state index contributed by atoms with van der Waals surface area (Å²) in [7, 11) is 0. The molecule has 112 valence electrons. The fourth-order valence-corrected chi connectivity index (χ4v) is 2.37. The number of halogens is 1. The highest BCUT2D eigenvalue weighted by Crippen LogP contribution is 2.20. The molecule has 1 saturated heterocycles. The SMILES string of the molecule is CC1CCN(C(=O)c2cc(C#CCCO)ccc2F)CC1. The van der Waals surface area contributed by atoms with Gasteiger partial charge in [-0.1, -0.05) is 18.8 Å². The molecule has 1 fully saturated rings. The number of carbonyl (C=O) groups is 1. The summed E-state index contributed by atoms with van der Waals surface area (Å²) in [5.41, 5.74) is 0.680. The number of benzene rings is 1. The molecule has 0 atom stereocenters. The number of aliphatic hydroxyl groups excluding tert-OH is 1. The fraction of sp³-hybridized carbons (Fsp3) is 0.471. The van der Waals surface area contributed by atoms with Crippen molar-refractivity contribution in [3.05, 3.63) is 35.1 Å². The highest BCUT2D eigenvalue weighted by molar-refractivity contribution is 5.95. The third-order valence-corrected chi connectivity index (χ3v) is 3.74. The van der Waals surface area contributed by atoms with Gasteiger partial charge in [0.25, 0.3) is 5.91 Å². The van der Waals surface area contributed by atoms with Crippen LogP contribution in [0.1, 0.15) is 42.1 Å². The number of aliphatic hydroxyl groups is 1. The van der Waals surface area contributed by atoms with Crippen molar-refractivity contribution in [1.82, 2.24) is 4.90 Å². The van der Waals surface area contributed by atoms with Crippen LogP contribution in [0.5, 0.6) is 0 Å². The Labute approximate surface area is 124 Å². The van der Waals surface area contributed by atoms with E-state index in [1.54, 1.807) is 11.0 Å². The van der Waals surface area contributed by atoms with Crippen molar-refractivity contribution in [2.24, 2.45) is 5.92 Å². The Morgan fingerprint density at radius 1 is 1.43 bits per heavy atom. The van der Waals surface area contributed by atoms with Crippen LogP contribution in [0.2, 0.25) is 0 Å². The first-order valence-corrected chi connectivity index (χ1v) is 7.30. The summed E-state index contributed by atoms with van der Waals surface area (Å²) in [4.78, 5) is 14.1. The minimum absolute atomic E-state index is 0.00799. The van der Waals surface area contributed by atoms with E-state index in [0.717, 1.165) is 12.8 Å². The molecular weight excluding hydrogens is 269 g/mol. The Hall–Kier alpha value is -1.86. The maximum absolute atomic E-state index is 13.9. The topological polar surface area (TPSA) is 40.5 Å². The number of hydrogen-bond donors (Lipinski definition) is 1. The molecule has 4 heteroatoms. The number of likely N-dealkylation sites (tertiary alicyclic amines) is 1. The van der Waals surface area contributed by atoms with Crippen LogP contribution in [0.4, 0.5) is 4.39 Å². The molecule has 0 bridgehead atoms. The van der Waals surface area contributed by atoms with E-state index in [1.807, 2.05) is 0 Å². The van der Waals surface area contributed by atoms with Gasteiger partial charge in [-0.25, -0.2) is 4.39 Å². The first kappa shape index (κ1) is 15.5. The summed E-state index contributed by atoms with van der Waals surface area (Å²) in [5.74, 6) is 5.46. The summed E-state index contributed by atoms with van der Waals surface area (Å²) in [6.07, 6.45) is 2.29. The zero-order valence-electron chi connectivity index (χ0n) is 12.2. The lowest BCUT2D eigenvalue weighted by Crippen LogP contribution is -2.38. The third-order valence-electron chi connectivity index (χ3n) is 3.74. The highest BCUT2D eigenvalue weighted by Gasteiger charge is 2.23. The molecule has 1 heterocycles. The summed E-state index contributed by atoms with van der Waals surface area (Å²) in [6.45, 7) is 3.52. The second-order valence-corrected chi connectivity index (χ2v) is 5.44. The van der Waals surface area contributed by atoms with Gasteiger partial charge < -0.3 is 10.0 Å². The van der Waals surface area contributed by atoms with Gasteiger partial charge in [0, 0.05) is 25.1 Å². The molecule has 1 aliphatic heterocycles. The number of amides is 1. The second kappa shape index (κ2) is 7.24. The maximum Gasteiger partial charge on any atom is 0.256 e. The molecule has 0 unspecified atom stereocenters. The van der Waals surface area contributed by atoms with Crippen molar-refractivity contribution in [3.63, 3.8) is 0 Å². The van der Waals surface area contributed by atoms with Crippen LogP contribution in [0, 0.1) is 23.6 Å². The molecule has 1 aliphatic rings. The van der Waals surface area contributed by atoms with E-state index in [4.69, 9.17) is 5.11 Å². The Balaban J connectivity index is 2.16. The van der Waals surface area contributed by atoms with Gasteiger partial charge in [0.15, 0.2) is 0 Å². The Morgan fingerprint density at radius 2 is 2.14 bits per heavy atom. The number of carbonyl (C=O) groups excluding carboxylic acids is 1. The zero-order valence-corrected chi connectivity index (χ0v) is 12.2. The van der Waals surface area contributed by atoms with E-state index in [-0.39, 0.29) is 18.1 Å². The smallest absolute Gasteiger partial charge is 0.256 e. The number of piperidine rings is 1. The van der Waals surface area contributed by atoms with Gasteiger partial charge in [-0.05, 0) is 37.0 Å². The number of rotatable bonds is 2.